The second-order valence-electron chi connectivity index (χ2n) is 3.38. The van der Waals surface area contributed by atoms with E-state index in [1.807, 2.05) is 0 Å². The van der Waals surface area contributed by atoms with E-state index in [1.54, 1.807) is 0 Å². The largest absolute Gasteiger partial charge is 0.0841 e. The maximum absolute atomic E-state index is 2.33. The number of hydrogen-bond acceptors (Lipinski definition) is 0. The molecule has 0 aromatic rings. The van der Waals surface area contributed by atoms with Crippen molar-refractivity contribution in [1.29, 1.82) is 0 Å². The second-order valence-corrected chi connectivity index (χ2v) is 3.38. The Hall–Kier alpha value is -0.520. The van der Waals surface area contributed by atoms with Crippen LogP contribution in [0.5, 0.6) is 0 Å². The van der Waals surface area contributed by atoms with Gasteiger partial charge in [-0.1, -0.05) is 37.6 Å². The lowest BCUT2D eigenvalue weighted by Crippen LogP contribution is -2.08. The quantitative estimate of drug-likeness (QED) is 0.486. The lowest BCUT2D eigenvalue weighted by atomic mass is 9.85. The summed E-state index contributed by atoms with van der Waals surface area (Å²) < 4.78 is 0. The van der Waals surface area contributed by atoms with Crippen molar-refractivity contribution in [2.45, 2.75) is 27.2 Å². The maximum atomic E-state index is 2.33. The Morgan fingerprint density at radius 1 is 1.50 bits per heavy atom. The van der Waals surface area contributed by atoms with E-state index in [9.17, 15) is 0 Å². The molecule has 1 atom stereocenters. The Labute approximate surface area is 63.6 Å². The summed E-state index contributed by atoms with van der Waals surface area (Å²) in [6.07, 6.45) is 8.05. The molecule has 0 fully saturated rings. The Morgan fingerprint density at radius 2 is 2.20 bits per heavy atom. The Balaban J connectivity index is 2.65. The van der Waals surface area contributed by atoms with Gasteiger partial charge in [-0.05, 0) is 25.2 Å². The van der Waals surface area contributed by atoms with Gasteiger partial charge in [0, 0.05) is 0 Å². The molecule has 0 bridgehead atoms. The third kappa shape index (κ3) is 1.50. The lowest BCUT2D eigenvalue weighted by Gasteiger charge is -2.20. The average molecular weight is 136 g/mol. The van der Waals surface area contributed by atoms with Crippen LogP contribution in [0.15, 0.2) is 23.8 Å². The van der Waals surface area contributed by atoms with Gasteiger partial charge in [-0.3, -0.25) is 0 Å². The summed E-state index contributed by atoms with van der Waals surface area (Å²) in [5.41, 5.74) is 1.54. The summed E-state index contributed by atoms with van der Waals surface area (Å²) in [7, 11) is 0. The molecule has 0 nitrogen and oxygen atoms in total. The highest BCUT2D eigenvalue weighted by molar-refractivity contribution is 5.18. The Kier molecular flexibility index (Phi) is 2.31. The van der Waals surface area contributed by atoms with Crippen LogP contribution in [-0.2, 0) is 0 Å². The highest BCUT2D eigenvalue weighted by Gasteiger charge is 2.12. The first-order chi connectivity index (χ1) is 4.72. The van der Waals surface area contributed by atoms with Crippen LogP contribution in [0.1, 0.15) is 27.2 Å². The topological polar surface area (TPSA) is 0 Å². The SMILES string of the molecule is CC1=CCC=CC1C(C)C. The highest BCUT2D eigenvalue weighted by Crippen LogP contribution is 2.25. The van der Waals surface area contributed by atoms with Gasteiger partial charge in [0.1, 0.15) is 0 Å². The van der Waals surface area contributed by atoms with Gasteiger partial charge in [-0.15, -0.1) is 0 Å². The van der Waals surface area contributed by atoms with E-state index in [0.717, 1.165) is 12.3 Å². The third-order valence-corrected chi connectivity index (χ3v) is 2.16. The maximum Gasteiger partial charge on any atom is -0.000280 e. The zero-order valence-electron chi connectivity index (χ0n) is 7.09. The van der Waals surface area contributed by atoms with Gasteiger partial charge in [-0.2, -0.15) is 0 Å². The van der Waals surface area contributed by atoms with Crippen molar-refractivity contribution in [3.8, 4) is 0 Å². The van der Waals surface area contributed by atoms with Crippen LogP contribution in [0.4, 0.5) is 0 Å². The predicted octanol–water partition coefficient (Wildman–Crippen LogP) is 3.16. The van der Waals surface area contributed by atoms with E-state index in [0.29, 0.717) is 5.92 Å². The first-order valence-electron chi connectivity index (χ1n) is 4.05. The monoisotopic (exact) mass is 136 g/mol. The van der Waals surface area contributed by atoms with Crippen LogP contribution in [0.2, 0.25) is 0 Å². The molecule has 0 heterocycles. The van der Waals surface area contributed by atoms with Crippen molar-refractivity contribution in [1.82, 2.24) is 0 Å². The van der Waals surface area contributed by atoms with Gasteiger partial charge in [0.05, 0.1) is 0 Å². The minimum absolute atomic E-state index is 0.703. The molecule has 1 unspecified atom stereocenters. The number of rotatable bonds is 1. The minimum Gasteiger partial charge on any atom is -0.0841 e. The molecule has 0 saturated carbocycles. The molecule has 0 heteroatoms. The summed E-state index contributed by atoms with van der Waals surface area (Å²) >= 11 is 0. The summed E-state index contributed by atoms with van der Waals surface area (Å²) in [5, 5.41) is 0. The van der Waals surface area contributed by atoms with Gasteiger partial charge in [0.15, 0.2) is 0 Å². The van der Waals surface area contributed by atoms with E-state index in [4.69, 9.17) is 0 Å². The van der Waals surface area contributed by atoms with Gasteiger partial charge in [0.25, 0.3) is 0 Å². The fourth-order valence-electron chi connectivity index (χ4n) is 1.51. The molecule has 0 aromatic carbocycles. The highest BCUT2D eigenvalue weighted by atomic mass is 14.2. The minimum atomic E-state index is 0.703. The number of allylic oxidation sites excluding steroid dienone is 4. The van der Waals surface area contributed by atoms with Gasteiger partial charge in [-0.25, -0.2) is 0 Å². The van der Waals surface area contributed by atoms with E-state index in [-0.39, 0.29) is 0 Å². The smallest absolute Gasteiger partial charge is 0.000280 e. The zero-order valence-corrected chi connectivity index (χ0v) is 7.09. The van der Waals surface area contributed by atoms with Crippen LogP contribution in [-0.4, -0.2) is 0 Å². The molecular formula is C10H16. The van der Waals surface area contributed by atoms with E-state index < -0.39 is 0 Å². The fourth-order valence-corrected chi connectivity index (χ4v) is 1.51. The lowest BCUT2D eigenvalue weighted by molar-refractivity contribution is 0.520. The summed E-state index contributed by atoms with van der Waals surface area (Å²) in [6, 6.07) is 0. The molecule has 0 aliphatic heterocycles. The normalized spacial score (nSPS) is 25.2. The van der Waals surface area contributed by atoms with Crippen molar-refractivity contribution in [3.05, 3.63) is 23.8 Å². The summed E-state index contributed by atoms with van der Waals surface area (Å²) in [4.78, 5) is 0. The average Bonchev–Trinajstić information content (AvgIpc) is 1.88. The van der Waals surface area contributed by atoms with Gasteiger partial charge < -0.3 is 0 Å². The van der Waals surface area contributed by atoms with Crippen molar-refractivity contribution in [3.63, 3.8) is 0 Å². The van der Waals surface area contributed by atoms with E-state index in [1.165, 1.54) is 5.57 Å². The molecule has 1 aliphatic carbocycles. The first-order valence-corrected chi connectivity index (χ1v) is 4.05. The van der Waals surface area contributed by atoms with Crippen LogP contribution >= 0.6 is 0 Å². The van der Waals surface area contributed by atoms with Crippen LogP contribution in [0.25, 0.3) is 0 Å². The van der Waals surface area contributed by atoms with E-state index in [2.05, 4.69) is 39.0 Å². The predicted molar refractivity (Wildman–Crippen MR) is 45.8 cm³/mol. The van der Waals surface area contributed by atoms with Gasteiger partial charge >= 0.3 is 0 Å². The second kappa shape index (κ2) is 3.05. The third-order valence-electron chi connectivity index (χ3n) is 2.16. The fraction of sp³-hybridized carbons (Fsp3) is 0.600. The van der Waals surface area contributed by atoms with Crippen LogP contribution in [0, 0.1) is 11.8 Å². The molecule has 0 N–H and O–H groups in total. The van der Waals surface area contributed by atoms with Crippen LogP contribution < -0.4 is 0 Å². The van der Waals surface area contributed by atoms with Crippen molar-refractivity contribution in [2.24, 2.45) is 11.8 Å². The first kappa shape index (κ1) is 7.59. The molecule has 10 heavy (non-hydrogen) atoms. The van der Waals surface area contributed by atoms with Crippen molar-refractivity contribution >= 4 is 0 Å². The Bertz CT molecular complexity index is 161. The molecule has 0 radical (unpaired) electrons. The molecule has 0 aromatic heterocycles. The standard InChI is InChI=1S/C10H16/c1-8(2)10-7-5-4-6-9(10)3/h5-8,10H,4H2,1-3H3. The van der Waals surface area contributed by atoms with Crippen LogP contribution in [0.3, 0.4) is 0 Å². The Morgan fingerprint density at radius 3 is 2.60 bits per heavy atom. The van der Waals surface area contributed by atoms with Gasteiger partial charge in [0.2, 0.25) is 0 Å². The molecule has 0 saturated heterocycles. The van der Waals surface area contributed by atoms with E-state index >= 15 is 0 Å². The van der Waals surface area contributed by atoms with Crippen molar-refractivity contribution < 1.29 is 0 Å². The summed E-state index contributed by atoms with van der Waals surface area (Å²) in [5.74, 6) is 1.46. The summed E-state index contributed by atoms with van der Waals surface area (Å²) in [6.45, 7) is 6.78. The molecular weight excluding hydrogens is 120 g/mol. The molecule has 1 rings (SSSR count). The zero-order chi connectivity index (χ0) is 7.56. The molecule has 0 amide bonds. The molecule has 1 aliphatic rings. The number of hydrogen-bond donors (Lipinski definition) is 0. The molecule has 0 spiro atoms. The van der Waals surface area contributed by atoms with Crippen molar-refractivity contribution in [2.75, 3.05) is 0 Å². The molecule has 56 valence electrons.